The number of hydrogen-bond donors (Lipinski definition) is 2. The molecule has 27 heavy (non-hydrogen) atoms. The third kappa shape index (κ3) is 2.93. The molecule has 0 atom stereocenters. The molecule has 0 spiro atoms. The molecule has 4 aromatic rings. The first-order valence-corrected chi connectivity index (χ1v) is 9.00. The fourth-order valence-electron chi connectivity index (χ4n) is 3.45. The highest BCUT2D eigenvalue weighted by atomic mass is 16.4. The fourth-order valence-corrected chi connectivity index (χ4v) is 3.45. The molecule has 4 aromatic heterocycles. The third-order valence-corrected chi connectivity index (χ3v) is 4.93. The zero-order valence-electron chi connectivity index (χ0n) is 14.7. The Hall–Kier alpha value is -3.26. The number of rotatable bonds is 3. The summed E-state index contributed by atoms with van der Waals surface area (Å²) in [6.45, 7) is 2.05. The van der Waals surface area contributed by atoms with Crippen LogP contribution in [-0.2, 0) is 0 Å². The molecule has 0 radical (unpaired) electrons. The summed E-state index contributed by atoms with van der Waals surface area (Å²) in [7, 11) is 0. The fraction of sp³-hybridized carbons (Fsp3) is 0.263. The molecule has 0 bridgehead atoms. The van der Waals surface area contributed by atoms with E-state index in [2.05, 4.69) is 36.2 Å². The van der Waals surface area contributed by atoms with Crippen LogP contribution in [0.25, 0.3) is 33.8 Å². The van der Waals surface area contributed by atoms with E-state index >= 15 is 0 Å². The van der Waals surface area contributed by atoms with E-state index in [1.54, 1.807) is 12.4 Å². The molecular weight excluding hydrogens is 342 g/mol. The normalized spacial score (nSPS) is 15.4. The Morgan fingerprint density at radius 3 is 2.89 bits per heavy atom. The number of fused-ring (bicyclic) bond motifs is 1. The van der Waals surface area contributed by atoms with Gasteiger partial charge in [0, 0.05) is 29.7 Å². The van der Waals surface area contributed by atoms with Crippen LogP contribution in [0.3, 0.4) is 0 Å². The molecule has 3 N–H and O–H groups in total. The van der Waals surface area contributed by atoms with E-state index in [-0.39, 0.29) is 0 Å². The quantitative estimate of drug-likeness (QED) is 0.577. The van der Waals surface area contributed by atoms with E-state index in [0.717, 1.165) is 37.1 Å². The molecule has 0 amide bonds. The minimum absolute atomic E-state index is 0.371. The number of nitrogens with zero attached hydrogens (tertiary/aromatic N) is 5. The van der Waals surface area contributed by atoms with Gasteiger partial charge < -0.3 is 15.5 Å². The Morgan fingerprint density at radius 1 is 1.15 bits per heavy atom. The van der Waals surface area contributed by atoms with Crippen LogP contribution in [0.1, 0.15) is 18.9 Å². The topological polar surface area (TPSA) is 108 Å². The van der Waals surface area contributed by atoms with E-state index in [1.807, 2.05) is 24.4 Å². The van der Waals surface area contributed by atoms with Gasteiger partial charge in [0.05, 0.1) is 17.8 Å². The Labute approximate surface area is 155 Å². The van der Waals surface area contributed by atoms with Gasteiger partial charge in [0.25, 0.3) is 0 Å². The molecule has 8 nitrogen and oxygen atoms in total. The Kier molecular flexibility index (Phi) is 3.83. The molecule has 1 aliphatic heterocycles. The number of oxazole rings is 1. The first-order chi connectivity index (χ1) is 13.3. The monoisotopic (exact) mass is 361 g/mol. The van der Waals surface area contributed by atoms with Crippen LogP contribution in [0.4, 0.5) is 5.82 Å². The lowest BCUT2D eigenvalue weighted by molar-refractivity contribution is 0.343. The van der Waals surface area contributed by atoms with Crippen molar-refractivity contribution in [1.29, 1.82) is 0 Å². The molecule has 0 unspecified atom stereocenters. The van der Waals surface area contributed by atoms with Crippen LogP contribution in [0, 0.1) is 0 Å². The Bertz CT molecular complexity index is 1060. The van der Waals surface area contributed by atoms with Gasteiger partial charge >= 0.3 is 0 Å². The summed E-state index contributed by atoms with van der Waals surface area (Å²) in [5.41, 5.74) is 9.83. The lowest BCUT2D eigenvalue weighted by Gasteiger charge is -2.22. The van der Waals surface area contributed by atoms with Gasteiger partial charge in [-0.1, -0.05) is 0 Å². The van der Waals surface area contributed by atoms with Crippen LogP contribution >= 0.6 is 0 Å². The van der Waals surface area contributed by atoms with Gasteiger partial charge in [-0.05, 0) is 44.1 Å². The number of aromatic nitrogens is 5. The van der Waals surface area contributed by atoms with E-state index in [9.17, 15) is 0 Å². The maximum Gasteiger partial charge on any atom is 0.247 e. The zero-order chi connectivity index (χ0) is 18.2. The van der Waals surface area contributed by atoms with Crippen LogP contribution in [0.5, 0.6) is 0 Å². The Morgan fingerprint density at radius 2 is 2.04 bits per heavy atom. The second-order valence-corrected chi connectivity index (χ2v) is 6.69. The summed E-state index contributed by atoms with van der Waals surface area (Å²) < 4.78 is 7.81. The summed E-state index contributed by atoms with van der Waals surface area (Å²) in [5.74, 6) is 0.789. The third-order valence-electron chi connectivity index (χ3n) is 4.93. The van der Waals surface area contributed by atoms with E-state index in [1.165, 1.54) is 0 Å². The molecule has 1 fully saturated rings. The van der Waals surface area contributed by atoms with Gasteiger partial charge in [-0.2, -0.15) is 5.10 Å². The highest BCUT2D eigenvalue weighted by molar-refractivity contribution is 5.79. The minimum atomic E-state index is 0.371. The minimum Gasteiger partial charge on any atom is -0.418 e. The van der Waals surface area contributed by atoms with Gasteiger partial charge in [0.2, 0.25) is 11.6 Å². The van der Waals surface area contributed by atoms with Crippen molar-refractivity contribution in [3.63, 3.8) is 0 Å². The van der Waals surface area contributed by atoms with Crippen molar-refractivity contribution >= 4 is 17.0 Å². The van der Waals surface area contributed by atoms with Gasteiger partial charge in [-0.25, -0.2) is 15.0 Å². The predicted octanol–water partition coefficient (Wildman–Crippen LogP) is 2.66. The molecule has 8 heteroatoms. The molecule has 0 aliphatic carbocycles. The summed E-state index contributed by atoms with van der Waals surface area (Å²) in [5, 5.41) is 7.93. The van der Waals surface area contributed by atoms with Crippen molar-refractivity contribution in [2.75, 3.05) is 18.8 Å². The van der Waals surface area contributed by atoms with Crippen molar-refractivity contribution in [2.24, 2.45) is 0 Å². The average Bonchev–Trinajstić information content (AvgIpc) is 3.36. The van der Waals surface area contributed by atoms with E-state index < -0.39 is 0 Å². The van der Waals surface area contributed by atoms with Crippen molar-refractivity contribution in [3.05, 3.63) is 43.0 Å². The Balaban J connectivity index is 1.51. The van der Waals surface area contributed by atoms with Crippen LogP contribution in [0.2, 0.25) is 0 Å². The average molecular weight is 361 g/mol. The molecule has 136 valence electrons. The molecule has 5 heterocycles. The number of nitrogens with two attached hydrogens (primary N) is 1. The van der Waals surface area contributed by atoms with Gasteiger partial charge in [-0.15, -0.1) is 0 Å². The maximum absolute atomic E-state index is 6.08. The van der Waals surface area contributed by atoms with Crippen molar-refractivity contribution in [1.82, 2.24) is 30.0 Å². The van der Waals surface area contributed by atoms with E-state index in [0.29, 0.717) is 34.5 Å². The highest BCUT2D eigenvalue weighted by Gasteiger charge is 2.18. The number of anilines is 1. The molecule has 1 saturated heterocycles. The summed E-state index contributed by atoms with van der Waals surface area (Å²) in [6.07, 6.45) is 9.53. The SMILES string of the molecule is Nc1ncc(-c2cnn(C3CCNCC3)c2)cc1-c1nc2cccnc2o1. The van der Waals surface area contributed by atoms with Crippen LogP contribution in [0.15, 0.2) is 47.4 Å². The number of nitrogens with one attached hydrogen (secondary N) is 1. The van der Waals surface area contributed by atoms with Gasteiger partial charge in [0.15, 0.2) is 0 Å². The summed E-state index contributed by atoms with van der Waals surface area (Å²) in [6, 6.07) is 6.05. The first kappa shape index (κ1) is 16.0. The summed E-state index contributed by atoms with van der Waals surface area (Å²) in [4.78, 5) is 13.0. The van der Waals surface area contributed by atoms with Crippen LogP contribution in [-0.4, -0.2) is 37.8 Å². The first-order valence-electron chi connectivity index (χ1n) is 9.00. The predicted molar refractivity (Wildman–Crippen MR) is 102 cm³/mol. The molecule has 0 saturated carbocycles. The lowest BCUT2D eigenvalue weighted by Crippen LogP contribution is -2.29. The highest BCUT2D eigenvalue weighted by Crippen LogP contribution is 2.31. The number of hydrogen-bond acceptors (Lipinski definition) is 7. The largest absolute Gasteiger partial charge is 0.418 e. The van der Waals surface area contributed by atoms with Crippen molar-refractivity contribution in [3.8, 4) is 22.6 Å². The molecule has 0 aromatic carbocycles. The second-order valence-electron chi connectivity index (χ2n) is 6.69. The van der Waals surface area contributed by atoms with E-state index in [4.69, 9.17) is 10.2 Å². The van der Waals surface area contributed by atoms with Crippen LogP contribution < -0.4 is 11.1 Å². The second kappa shape index (κ2) is 6.48. The zero-order valence-corrected chi connectivity index (χ0v) is 14.7. The van der Waals surface area contributed by atoms with Gasteiger partial charge in [0.1, 0.15) is 11.3 Å². The molecular formula is C19H19N7O. The lowest BCUT2D eigenvalue weighted by atomic mass is 10.1. The number of pyridine rings is 2. The smallest absolute Gasteiger partial charge is 0.247 e. The molecule has 1 aliphatic rings. The standard InChI is InChI=1S/C19H19N7O/c20-17-15(18-25-16-2-1-5-22-19(16)27-18)8-12(9-23-17)13-10-24-26(11-13)14-3-6-21-7-4-14/h1-2,5,8-11,14,21H,3-4,6-7H2,(H2,20,23). The number of piperidine rings is 1. The maximum atomic E-state index is 6.08. The summed E-state index contributed by atoms with van der Waals surface area (Å²) >= 11 is 0. The number of nitrogen functional groups attached to an aromatic ring is 1. The van der Waals surface area contributed by atoms with Crippen molar-refractivity contribution < 1.29 is 4.42 Å². The van der Waals surface area contributed by atoms with Gasteiger partial charge in [-0.3, -0.25) is 4.68 Å². The van der Waals surface area contributed by atoms with Crippen molar-refractivity contribution in [2.45, 2.75) is 18.9 Å². The molecule has 5 rings (SSSR count).